The first-order valence-corrected chi connectivity index (χ1v) is 12.6. The molecule has 0 saturated carbocycles. The Hall–Kier alpha value is -3.00. The van der Waals surface area contributed by atoms with Crippen LogP contribution in [0.3, 0.4) is 0 Å². The third-order valence-corrected chi connectivity index (χ3v) is 7.16. The maximum atomic E-state index is 13.7. The second kappa shape index (κ2) is 11.8. The SMILES string of the molecule is C=CC(=O)OCC(C)(COc1ccc2cc(-c3ccc(CCCCC)cc3OC)sc2c1)C(F)(F)F. The highest BCUT2D eigenvalue weighted by molar-refractivity contribution is 7.22. The van der Waals surface area contributed by atoms with Crippen LogP contribution in [-0.2, 0) is 16.0 Å². The molecule has 1 aromatic heterocycles. The molecule has 0 spiro atoms. The average molecular weight is 521 g/mol. The summed E-state index contributed by atoms with van der Waals surface area (Å²) < 4.78 is 57.8. The van der Waals surface area contributed by atoms with Crippen molar-refractivity contribution in [3.63, 3.8) is 0 Å². The van der Waals surface area contributed by atoms with Gasteiger partial charge in [0.25, 0.3) is 0 Å². The largest absolute Gasteiger partial charge is 0.496 e. The van der Waals surface area contributed by atoms with E-state index in [1.54, 1.807) is 19.2 Å². The van der Waals surface area contributed by atoms with Gasteiger partial charge in [-0.05, 0) is 67.1 Å². The van der Waals surface area contributed by atoms with Crippen LogP contribution in [0.15, 0.2) is 55.1 Å². The molecule has 36 heavy (non-hydrogen) atoms. The van der Waals surface area contributed by atoms with Gasteiger partial charge in [0.15, 0.2) is 0 Å². The van der Waals surface area contributed by atoms with E-state index in [1.807, 2.05) is 12.1 Å². The zero-order valence-electron chi connectivity index (χ0n) is 20.7. The number of alkyl halides is 3. The number of ether oxygens (including phenoxy) is 3. The number of benzene rings is 2. The monoisotopic (exact) mass is 520 g/mol. The summed E-state index contributed by atoms with van der Waals surface area (Å²) in [6, 6.07) is 13.5. The molecule has 2 aromatic carbocycles. The van der Waals surface area contributed by atoms with Gasteiger partial charge in [-0.25, -0.2) is 4.79 Å². The number of rotatable bonds is 12. The van der Waals surface area contributed by atoms with Crippen LogP contribution in [0.1, 0.15) is 38.7 Å². The average Bonchev–Trinajstić information content (AvgIpc) is 3.28. The van der Waals surface area contributed by atoms with E-state index in [0.29, 0.717) is 5.75 Å². The normalized spacial score (nSPS) is 13.3. The maximum absolute atomic E-state index is 13.7. The summed E-state index contributed by atoms with van der Waals surface area (Å²) in [7, 11) is 1.65. The molecular formula is C28H31F3O4S. The number of hydrogen-bond acceptors (Lipinski definition) is 5. The Kier molecular flexibility index (Phi) is 9.06. The third-order valence-electron chi connectivity index (χ3n) is 6.03. The van der Waals surface area contributed by atoms with Crippen LogP contribution in [0.2, 0.25) is 0 Å². The van der Waals surface area contributed by atoms with Crippen LogP contribution in [0.25, 0.3) is 20.5 Å². The fourth-order valence-electron chi connectivity index (χ4n) is 3.65. The molecule has 4 nitrogen and oxygen atoms in total. The first-order chi connectivity index (χ1) is 17.1. The summed E-state index contributed by atoms with van der Waals surface area (Å²) in [6.07, 6.45) is 0.687. The summed E-state index contributed by atoms with van der Waals surface area (Å²) in [5.41, 5.74) is -0.172. The lowest BCUT2D eigenvalue weighted by Crippen LogP contribution is -2.44. The molecule has 1 heterocycles. The van der Waals surface area contributed by atoms with Gasteiger partial charge in [0.1, 0.15) is 30.1 Å². The van der Waals surface area contributed by atoms with Crippen molar-refractivity contribution in [3.8, 4) is 21.9 Å². The van der Waals surface area contributed by atoms with E-state index in [0.717, 1.165) is 52.1 Å². The zero-order valence-corrected chi connectivity index (χ0v) is 21.6. The summed E-state index contributed by atoms with van der Waals surface area (Å²) in [5, 5.41) is 0.954. The van der Waals surface area contributed by atoms with E-state index < -0.39 is 30.8 Å². The van der Waals surface area contributed by atoms with Crippen molar-refractivity contribution in [2.75, 3.05) is 20.3 Å². The van der Waals surface area contributed by atoms with Crippen molar-refractivity contribution < 1.29 is 32.2 Å². The smallest absolute Gasteiger partial charge is 0.400 e. The Labute approximate surface area is 213 Å². The molecule has 0 amide bonds. The van der Waals surface area contributed by atoms with Gasteiger partial charge in [0.05, 0.1) is 7.11 Å². The van der Waals surface area contributed by atoms with Crippen molar-refractivity contribution in [1.29, 1.82) is 0 Å². The van der Waals surface area contributed by atoms with E-state index >= 15 is 0 Å². The van der Waals surface area contributed by atoms with Crippen molar-refractivity contribution in [1.82, 2.24) is 0 Å². The minimum Gasteiger partial charge on any atom is -0.496 e. The summed E-state index contributed by atoms with van der Waals surface area (Å²) in [6.45, 7) is 4.79. The second-order valence-electron chi connectivity index (χ2n) is 8.96. The summed E-state index contributed by atoms with van der Waals surface area (Å²) >= 11 is 1.51. The van der Waals surface area contributed by atoms with Gasteiger partial charge in [0.2, 0.25) is 0 Å². The summed E-state index contributed by atoms with van der Waals surface area (Å²) in [4.78, 5) is 12.3. The lowest BCUT2D eigenvalue weighted by Gasteiger charge is -2.31. The van der Waals surface area contributed by atoms with Gasteiger partial charge in [-0.1, -0.05) is 32.4 Å². The Balaban J connectivity index is 1.79. The van der Waals surface area contributed by atoms with Crippen molar-refractivity contribution in [2.45, 2.75) is 45.7 Å². The molecule has 1 unspecified atom stereocenters. The van der Waals surface area contributed by atoms with Crippen molar-refractivity contribution >= 4 is 27.4 Å². The number of carbonyl (C=O) groups is 1. The first-order valence-electron chi connectivity index (χ1n) is 11.8. The molecule has 194 valence electrons. The Morgan fingerprint density at radius 1 is 1.08 bits per heavy atom. The zero-order chi connectivity index (χ0) is 26.3. The highest BCUT2D eigenvalue weighted by Gasteiger charge is 2.53. The van der Waals surface area contributed by atoms with Crippen LogP contribution in [0.4, 0.5) is 13.2 Å². The molecule has 0 N–H and O–H groups in total. The fraction of sp³-hybridized carbons (Fsp3) is 0.393. The highest BCUT2D eigenvalue weighted by Crippen LogP contribution is 2.41. The molecule has 1 atom stereocenters. The molecule has 0 aliphatic rings. The molecule has 0 aliphatic carbocycles. The van der Waals surface area contributed by atoms with Crippen LogP contribution in [0.5, 0.6) is 11.5 Å². The van der Waals surface area contributed by atoms with Crippen molar-refractivity contribution in [2.24, 2.45) is 5.41 Å². The molecule has 0 bridgehead atoms. The lowest BCUT2D eigenvalue weighted by molar-refractivity contribution is -0.240. The lowest BCUT2D eigenvalue weighted by atomic mass is 9.92. The highest BCUT2D eigenvalue weighted by atomic mass is 32.1. The number of hydrogen-bond donors (Lipinski definition) is 0. The number of aryl methyl sites for hydroxylation is 1. The molecular weight excluding hydrogens is 489 g/mol. The van der Waals surface area contributed by atoms with Gasteiger partial charge in [-0.2, -0.15) is 13.2 Å². The molecule has 3 rings (SSSR count). The minimum atomic E-state index is -4.63. The standard InChI is InChI=1S/C28H31F3O4S/c1-5-7-8-9-19-10-13-22(23(14-19)33-4)25-15-20-11-12-21(16-24(20)36-25)34-17-27(3,28(29,30)31)18-35-26(32)6-2/h6,10-16H,2,5,7-9,17-18H2,1,3-4H3. The van der Waals surface area contributed by atoms with E-state index in [4.69, 9.17) is 9.47 Å². The van der Waals surface area contributed by atoms with E-state index in [2.05, 4.69) is 36.4 Å². The van der Waals surface area contributed by atoms with Gasteiger partial charge < -0.3 is 14.2 Å². The molecule has 0 aliphatic heterocycles. The van der Waals surface area contributed by atoms with Gasteiger partial charge >= 0.3 is 12.1 Å². The van der Waals surface area contributed by atoms with Gasteiger partial charge in [-0.3, -0.25) is 0 Å². The third kappa shape index (κ3) is 6.60. The van der Waals surface area contributed by atoms with E-state index in [-0.39, 0.29) is 0 Å². The molecule has 3 aromatic rings. The number of fused-ring (bicyclic) bond motifs is 1. The number of halogens is 3. The van der Waals surface area contributed by atoms with Crippen LogP contribution < -0.4 is 9.47 Å². The topological polar surface area (TPSA) is 44.8 Å². The number of unbranched alkanes of at least 4 members (excludes halogenated alkanes) is 2. The number of thiophene rings is 1. The first kappa shape index (κ1) is 27.6. The Bertz CT molecular complexity index is 1200. The van der Waals surface area contributed by atoms with Crippen LogP contribution in [-0.4, -0.2) is 32.5 Å². The quantitative estimate of drug-likeness (QED) is 0.138. The molecule has 8 heteroatoms. The van der Waals surface area contributed by atoms with E-state index in [9.17, 15) is 18.0 Å². The predicted octanol–water partition coefficient (Wildman–Crippen LogP) is 7.99. The Morgan fingerprint density at radius 2 is 1.86 bits per heavy atom. The van der Waals surface area contributed by atoms with Crippen molar-refractivity contribution in [3.05, 3.63) is 60.7 Å². The van der Waals surface area contributed by atoms with Gasteiger partial charge in [-0.15, -0.1) is 11.3 Å². The maximum Gasteiger partial charge on any atom is 0.400 e. The van der Waals surface area contributed by atoms with Gasteiger partial charge in [0, 0.05) is 21.2 Å². The van der Waals surface area contributed by atoms with Crippen LogP contribution >= 0.6 is 11.3 Å². The van der Waals surface area contributed by atoms with Crippen LogP contribution in [0, 0.1) is 5.41 Å². The second-order valence-corrected chi connectivity index (χ2v) is 10.0. The molecule has 0 saturated heterocycles. The molecule has 0 fully saturated rings. The fourth-order valence-corrected chi connectivity index (χ4v) is 4.77. The minimum absolute atomic E-state index is 0.305. The summed E-state index contributed by atoms with van der Waals surface area (Å²) in [5.74, 6) is 0.184. The van der Waals surface area contributed by atoms with E-state index in [1.165, 1.54) is 29.7 Å². The number of methoxy groups -OCH3 is 1. The number of carbonyl (C=O) groups excluding carboxylic acids is 1. The Morgan fingerprint density at radius 3 is 2.53 bits per heavy atom. The molecule has 0 radical (unpaired) electrons. The predicted molar refractivity (Wildman–Crippen MR) is 138 cm³/mol. The number of esters is 1.